The van der Waals surface area contributed by atoms with Gasteiger partial charge in [0.1, 0.15) is 5.75 Å². The quantitative estimate of drug-likeness (QED) is 0.541. The first kappa shape index (κ1) is 26.3. The first-order valence-corrected chi connectivity index (χ1v) is 10.8. The van der Waals surface area contributed by atoms with Crippen LogP contribution in [0.5, 0.6) is 5.75 Å². The van der Waals surface area contributed by atoms with Gasteiger partial charge < -0.3 is 15.6 Å². The second-order valence-electron chi connectivity index (χ2n) is 7.72. The maximum Gasteiger partial charge on any atom is 0.490 e. The molecule has 1 heterocycles. The highest BCUT2D eigenvalue weighted by atomic mass is 19.4. The number of nitrogens with zero attached hydrogens (tertiary/aromatic N) is 2. The average Bonchev–Trinajstić information content (AvgIpc) is 3.10. The molecule has 1 unspecified atom stereocenters. The van der Waals surface area contributed by atoms with Gasteiger partial charge in [-0.05, 0) is 35.7 Å². The fraction of sp³-hybridized carbons (Fsp3) is 0.192. The molecule has 0 aliphatic carbocycles. The fourth-order valence-electron chi connectivity index (χ4n) is 3.74. The summed E-state index contributed by atoms with van der Waals surface area (Å²) in [6, 6.07) is 25.4. The Balaban J connectivity index is 0.000000454. The minimum Gasteiger partial charge on any atom is -0.493 e. The Hall–Kier alpha value is -4.34. The first-order valence-electron chi connectivity index (χ1n) is 10.8. The SMILES string of the molecule is CCOc1ccc(-c2ccccc2)cc1C1(c2ccccc2)N=C(N)N(C)C1=O.O=C(O)C(F)(F)F. The van der Waals surface area contributed by atoms with Gasteiger partial charge in [0, 0.05) is 12.6 Å². The predicted octanol–water partition coefficient (Wildman–Crippen LogP) is 4.42. The molecular formula is C26H24F3N3O4. The van der Waals surface area contributed by atoms with Crippen LogP contribution in [0.4, 0.5) is 13.2 Å². The van der Waals surface area contributed by atoms with Crippen LogP contribution in [0.25, 0.3) is 11.1 Å². The maximum absolute atomic E-state index is 13.5. The number of benzene rings is 3. The molecule has 1 aliphatic rings. The number of halogens is 3. The molecule has 0 spiro atoms. The monoisotopic (exact) mass is 499 g/mol. The van der Waals surface area contributed by atoms with E-state index in [1.54, 1.807) is 7.05 Å². The second-order valence-corrected chi connectivity index (χ2v) is 7.72. The maximum atomic E-state index is 13.5. The predicted molar refractivity (Wildman–Crippen MR) is 128 cm³/mol. The van der Waals surface area contributed by atoms with Gasteiger partial charge in [0.15, 0.2) is 11.5 Å². The average molecular weight is 499 g/mol. The molecule has 4 rings (SSSR count). The van der Waals surface area contributed by atoms with E-state index in [1.807, 2.05) is 85.8 Å². The number of amides is 1. The van der Waals surface area contributed by atoms with Crippen molar-refractivity contribution in [3.8, 4) is 16.9 Å². The summed E-state index contributed by atoms with van der Waals surface area (Å²) in [4.78, 5) is 28.5. The Morgan fingerprint density at radius 3 is 2.06 bits per heavy atom. The van der Waals surface area contributed by atoms with Crippen LogP contribution in [0.1, 0.15) is 18.1 Å². The Bertz CT molecular complexity index is 1260. The molecule has 1 atom stereocenters. The minimum absolute atomic E-state index is 0.186. The van der Waals surface area contributed by atoms with E-state index in [1.165, 1.54) is 4.90 Å². The van der Waals surface area contributed by atoms with Gasteiger partial charge in [0.2, 0.25) is 0 Å². The lowest BCUT2D eigenvalue weighted by molar-refractivity contribution is -0.192. The van der Waals surface area contributed by atoms with E-state index < -0.39 is 17.7 Å². The molecule has 0 radical (unpaired) electrons. The molecule has 0 aromatic heterocycles. The molecule has 0 saturated heterocycles. The number of likely N-dealkylation sites (N-methyl/N-ethyl adjacent to an activating group) is 1. The molecule has 0 fully saturated rings. The molecule has 36 heavy (non-hydrogen) atoms. The third-order valence-corrected chi connectivity index (χ3v) is 5.45. The summed E-state index contributed by atoms with van der Waals surface area (Å²) < 4.78 is 37.7. The van der Waals surface area contributed by atoms with Gasteiger partial charge in [-0.3, -0.25) is 9.69 Å². The lowest BCUT2D eigenvalue weighted by Gasteiger charge is -2.28. The number of carbonyl (C=O) groups is 2. The molecule has 0 saturated carbocycles. The minimum atomic E-state index is -5.08. The number of ether oxygens (including phenoxy) is 1. The van der Waals surface area contributed by atoms with Crippen LogP contribution in [-0.2, 0) is 15.1 Å². The summed E-state index contributed by atoms with van der Waals surface area (Å²) in [5.41, 5.74) is 8.30. The van der Waals surface area contributed by atoms with E-state index in [9.17, 15) is 18.0 Å². The Labute approximate surface area is 205 Å². The Morgan fingerprint density at radius 1 is 1.03 bits per heavy atom. The highest BCUT2D eigenvalue weighted by Crippen LogP contribution is 2.44. The van der Waals surface area contributed by atoms with Crippen molar-refractivity contribution in [2.45, 2.75) is 18.6 Å². The van der Waals surface area contributed by atoms with Crippen LogP contribution >= 0.6 is 0 Å². The van der Waals surface area contributed by atoms with Crippen molar-refractivity contribution in [2.75, 3.05) is 13.7 Å². The van der Waals surface area contributed by atoms with Crippen molar-refractivity contribution in [2.24, 2.45) is 10.7 Å². The van der Waals surface area contributed by atoms with Gasteiger partial charge in [-0.1, -0.05) is 66.7 Å². The van der Waals surface area contributed by atoms with Crippen molar-refractivity contribution >= 4 is 17.8 Å². The molecule has 188 valence electrons. The number of hydrogen-bond donors (Lipinski definition) is 2. The zero-order chi connectivity index (χ0) is 26.5. The number of carbonyl (C=O) groups excluding carboxylic acids is 1. The van der Waals surface area contributed by atoms with Gasteiger partial charge in [-0.2, -0.15) is 13.2 Å². The topological polar surface area (TPSA) is 105 Å². The van der Waals surface area contributed by atoms with Gasteiger partial charge in [-0.15, -0.1) is 0 Å². The number of hydrogen-bond acceptors (Lipinski definition) is 5. The van der Waals surface area contributed by atoms with E-state index in [0.29, 0.717) is 17.9 Å². The van der Waals surface area contributed by atoms with Crippen molar-refractivity contribution in [1.29, 1.82) is 0 Å². The van der Waals surface area contributed by atoms with Crippen molar-refractivity contribution in [1.82, 2.24) is 4.90 Å². The summed E-state index contributed by atoms with van der Waals surface area (Å²) >= 11 is 0. The van der Waals surface area contributed by atoms with Gasteiger partial charge in [0.05, 0.1) is 6.61 Å². The molecule has 3 aromatic rings. The number of alkyl halides is 3. The molecule has 0 bridgehead atoms. The lowest BCUT2D eigenvalue weighted by atomic mass is 9.81. The largest absolute Gasteiger partial charge is 0.493 e. The highest BCUT2D eigenvalue weighted by Gasteiger charge is 2.51. The summed E-state index contributed by atoms with van der Waals surface area (Å²) in [5, 5.41) is 7.12. The highest BCUT2D eigenvalue weighted by molar-refractivity contribution is 6.09. The molecule has 3 aromatic carbocycles. The van der Waals surface area contributed by atoms with E-state index in [4.69, 9.17) is 25.4 Å². The number of carboxylic acid groups (broad SMARTS) is 1. The Kier molecular flexibility index (Phi) is 7.67. The molecule has 1 amide bonds. The summed E-state index contributed by atoms with van der Waals surface area (Å²) in [6.45, 7) is 2.40. The van der Waals surface area contributed by atoms with E-state index in [-0.39, 0.29) is 11.9 Å². The van der Waals surface area contributed by atoms with Crippen molar-refractivity contribution in [3.05, 3.63) is 90.0 Å². The number of carboxylic acids is 1. The molecular weight excluding hydrogens is 475 g/mol. The first-order chi connectivity index (χ1) is 17.0. The van der Waals surface area contributed by atoms with E-state index in [0.717, 1.165) is 16.7 Å². The van der Waals surface area contributed by atoms with Crippen LogP contribution in [0, 0.1) is 0 Å². The summed E-state index contributed by atoms with van der Waals surface area (Å²) in [6.07, 6.45) is -5.08. The second kappa shape index (κ2) is 10.5. The van der Waals surface area contributed by atoms with Crippen LogP contribution in [0.15, 0.2) is 83.9 Å². The standard InChI is InChI=1S/C24H23N3O2.C2HF3O2/c1-3-29-21-15-14-18(17-10-6-4-7-11-17)16-20(21)24(19-12-8-5-9-13-19)22(28)27(2)23(25)26-24;3-2(4,5)1(6)7/h4-16H,3H2,1-2H3,(H2,25,26);(H,6,7). The normalized spacial score (nSPS) is 17.2. The number of guanidine groups is 1. The Morgan fingerprint density at radius 2 is 1.58 bits per heavy atom. The third-order valence-electron chi connectivity index (χ3n) is 5.45. The smallest absolute Gasteiger partial charge is 0.490 e. The van der Waals surface area contributed by atoms with Crippen LogP contribution in [0.3, 0.4) is 0 Å². The van der Waals surface area contributed by atoms with Crippen LogP contribution in [-0.4, -0.2) is 47.7 Å². The number of aliphatic carboxylic acids is 1. The molecule has 3 N–H and O–H groups in total. The van der Waals surface area contributed by atoms with Crippen LogP contribution < -0.4 is 10.5 Å². The van der Waals surface area contributed by atoms with Gasteiger partial charge >= 0.3 is 12.1 Å². The molecule has 1 aliphatic heterocycles. The number of nitrogens with two attached hydrogens (primary N) is 1. The van der Waals surface area contributed by atoms with Crippen molar-refractivity contribution in [3.63, 3.8) is 0 Å². The zero-order valence-electron chi connectivity index (χ0n) is 19.5. The molecule has 10 heteroatoms. The third kappa shape index (κ3) is 5.17. The summed E-state index contributed by atoms with van der Waals surface area (Å²) in [5.74, 6) is -2.15. The number of aliphatic imine (C=N–C) groups is 1. The van der Waals surface area contributed by atoms with Crippen molar-refractivity contribution < 1.29 is 32.6 Å². The zero-order valence-corrected chi connectivity index (χ0v) is 19.5. The lowest BCUT2D eigenvalue weighted by Crippen LogP contribution is -2.41. The fourth-order valence-corrected chi connectivity index (χ4v) is 3.74. The van der Waals surface area contributed by atoms with Crippen LogP contribution in [0.2, 0.25) is 0 Å². The van der Waals surface area contributed by atoms with Gasteiger partial charge in [0.25, 0.3) is 5.91 Å². The van der Waals surface area contributed by atoms with Gasteiger partial charge in [-0.25, -0.2) is 9.79 Å². The molecule has 7 nitrogen and oxygen atoms in total. The number of rotatable bonds is 5. The summed E-state index contributed by atoms with van der Waals surface area (Å²) in [7, 11) is 1.65. The van der Waals surface area contributed by atoms with E-state index in [2.05, 4.69) is 0 Å². The van der Waals surface area contributed by atoms with E-state index >= 15 is 0 Å².